The van der Waals surface area contributed by atoms with Crippen LogP contribution in [0.1, 0.15) is 160 Å². The number of carboxylic acid groups (broad SMARTS) is 1. The van der Waals surface area contributed by atoms with Crippen molar-refractivity contribution >= 4 is 5.97 Å². The van der Waals surface area contributed by atoms with Crippen LogP contribution in [-0.2, 0) is 33.2 Å². The molecule has 23 atom stereocenters. The quantitative estimate of drug-likeness (QED) is 0.119. The minimum absolute atomic E-state index is 0.0380. The van der Waals surface area contributed by atoms with Crippen molar-refractivity contribution in [1.29, 1.82) is 0 Å². The summed E-state index contributed by atoms with van der Waals surface area (Å²) >= 11 is 0. The third-order valence-electron chi connectivity index (χ3n) is 17.3. The lowest BCUT2D eigenvalue weighted by Gasteiger charge is -2.52. The first-order valence-electron chi connectivity index (χ1n) is 24.2. The molecule has 0 amide bonds. The monoisotopic (exact) mass is 885 g/mol. The molecular weight excluding hydrogens is 801 g/mol. The van der Waals surface area contributed by atoms with E-state index in [4.69, 9.17) is 28.4 Å². The summed E-state index contributed by atoms with van der Waals surface area (Å²) in [5, 5.41) is 81.2. The zero-order valence-corrected chi connectivity index (χ0v) is 39.8. The molecule has 0 aromatic heterocycles. The molecule has 0 radical (unpaired) electrons. The summed E-state index contributed by atoms with van der Waals surface area (Å²) in [7, 11) is 0. The fourth-order valence-electron chi connectivity index (χ4n) is 12.7. The molecule has 6 fully saturated rings. The second-order valence-electron chi connectivity index (χ2n) is 22.3. The Hall–Kier alpha value is -1.01. The number of aliphatic hydroxyl groups is 6. The average Bonchev–Trinajstić information content (AvgIpc) is 3.72. The summed E-state index contributed by atoms with van der Waals surface area (Å²) in [6, 6.07) is 0. The number of carbonyl (C=O) groups is 1. The van der Waals surface area contributed by atoms with Gasteiger partial charge < -0.3 is 64.2 Å². The minimum Gasteiger partial charge on any atom is -0.481 e. The molecule has 0 aromatic rings. The molecule has 6 heterocycles. The Bertz CT molecular complexity index is 1550. The van der Waals surface area contributed by atoms with Gasteiger partial charge in [0.15, 0.2) is 17.4 Å². The maximum Gasteiger partial charge on any atom is 0.308 e. The second-order valence-corrected chi connectivity index (χ2v) is 22.3. The first kappa shape index (κ1) is 50.4. The molecule has 0 bridgehead atoms. The van der Waals surface area contributed by atoms with Gasteiger partial charge in [-0.3, -0.25) is 4.79 Å². The minimum atomic E-state index is -2.03. The van der Waals surface area contributed by atoms with Crippen molar-refractivity contribution in [3.8, 4) is 0 Å². The topological polar surface area (TPSA) is 214 Å². The van der Waals surface area contributed by atoms with Crippen LogP contribution in [-0.4, -0.2) is 131 Å². The fourth-order valence-corrected chi connectivity index (χ4v) is 12.7. The Labute approximate surface area is 370 Å². The van der Waals surface area contributed by atoms with Crippen LogP contribution in [0, 0.1) is 47.3 Å². The zero-order valence-electron chi connectivity index (χ0n) is 39.8. The predicted molar refractivity (Wildman–Crippen MR) is 229 cm³/mol. The fraction of sp³-hybridized carbons (Fsp3) is 0.979. The van der Waals surface area contributed by atoms with E-state index in [1.54, 1.807) is 20.8 Å². The third kappa shape index (κ3) is 9.31. The van der Waals surface area contributed by atoms with E-state index in [0.29, 0.717) is 64.2 Å². The van der Waals surface area contributed by atoms with E-state index < -0.39 is 88.6 Å². The van der Waals surface area contributed by atoms with Gasteiger partial charge in [0.25, 0.3) is 0 Å². The summed E-state index contributed by atoms with van der Waals surface area (Å²) in [6.45, 7) is 22.9. The number of aliphatic hydroxyl groups excluding tert-OH is 2. The molecule has 14 heteroatoms. The lowest BCUT2D eigenvalue weighted by molar-refractivity contribution is -0.373. The highest BCUT2D eigenvalue weighted by Crippen LogP contribution is 2.56. The standard InChI is InChI=1S/C48H84O14/c1-13-38-43(10,53)18-17-39(58-38)44(11)23-30(7)48(56,62-44)45(12)19-16-35(59-45)41(50)47(55)29(6)21-26(3)37(61-47)24-46(54)28(5)14-15-34(60-46)31(8)33(49)22-36-25(2)20-27(4)40(57-36)32(9)42(51)52/h25-41,49-50,53-56H,13-24H2,1-12H3,(H,51,52)/t25-,26+,27+,28-,29-,30-,31+,32-,33-,34-,35+,36+,37-,38+,39-,40+,41+,43-,44+,45+,46-,47-,48-/m1/s1. The number of rotatable bonds is 13. The highest BCUT2D eigenvalue weighted by atomic mass is 16.7. The summed E-state index contributed by atoms with van der Waals surface area (Å²) in [6.07, 6.45) is 0.0772. The van der Waals surface area contributed by atoms with Crippen molar-refractivity contribution in [2.45, 2.75) is 249 Å². The molecule has 7 N–H and O–H groups in total. The first-order chi connectivity index (χ1) is 28.6. The van der Waals surface area contributed by atoms with Gasteiger partial charge in [0.1, 0.15) is 11.7 Å². The highest BCUT2D eigenvalue weighted by Gasteiger charge is 2.67. The van der Waals surface area contributed by atoms with E-state index in [2.05, 4.69) is 6.92 Å². The molecule has 6 saturated heterocycles. The van der Waals surface area contributed by atoms with Crippen LogP contribution in [0.25, 0.3) is 0 Å². The van der Waals surface area contributed by atoms with E-state index in [1.165, 1.54) is 0 Å². The molecule has 6 aliphatic heterocycles. The van der Waals surface area contributed by atoms with Gasteiger partial charge in [0, 0.05) is 36.5 Å². The van der Waals surface area contributed by atoms with Gasteiger partial charge in [-0.25, -0.2) is 0 Å². The molecule has 0 unspecified atom stereocenters. The lowest BCUT2D eigenvalue weighted by atomic mass is 9.75. The molecule has 0 spiro atoms. The molecule has 6 rings (SSSR count). The largest absolute Gasteiger partial charge is 0.481 e. The smallest absolute Gasteiger partial charge is 0.308 e. The van der Waals surface area contributed by atoms with Gasteiger partial charge >= 0.3 is 5.97 Å². The van der Waals surface area contributed by atoms with Crippen LogP contribution < -0.4 is 0 Å². The normalized spacial score (nSPS) is 52.3. The van der Waals surface area contributed by atoms with Crippen molar-refractivity contribution in [2.24, 2.45) is 47.3 Å². The molecule has 14 nitrogen and oxygen atoms in total. The van der Waals surface area contributed by atoms with Gasteiger partial charge in [-0.15, -0.1) is 0 Å². The summed E-state index contributed by atoms with van der Waals surface area (Å²) in [5.74, 6) is -8.34. The van der Waals surface area contributed by atoms with Gasteiger partial charge in [-0.1, -0.05) is 55.4 Å². The van der Waals surface area contributed by atoms with Crippen LogP contribution in [0.3, 0.4) is 0 Å². The van der Waals surface area contributed by atoms with Crippen molar-refractivity contribution in [3.05, 3.63) is 0 Å². The Balaban J connectivity index is 1.10. The van der Waals surface area contributed by atoms with E-state index in [0.717, 1.165) is 6.42 Å². The van der Waals surface area contributed by atoms with E-state index in [9.17, 15) is 40.5 Å². The highest BCUT2D eigenvalue weighted by molar-refractivity contribution is 5.70. The van der Waals surface area contributed by atoms with Crippen LogP contribution in [0.5, 0.6) is 0 Å². The Kier molecular flexibility index (Phi) is 14.8. The van der Waals surface area contributed by atoms with Crippen LogP contribution >= 0.6 is 0 Å². The second kappa shape index (κ2) is 18.2. The SMILES string of the molecule is CC[C@@H]1O[C@@H]([C@]2(C)C[C@@H](C)[C@](O)([C@]3(C)CC[C@@H]([C@H](O)[C@]4(O)O[C@H](C[C@@]5(O)O[C@@H]([C@@H](C)[C@H](O)C[C@@H]6O[C@H]([C@@H](C)C(=O)O)[C@@H](C)C[C@H]6C)CC[C@H]5C)[C@@H](C)C[C@H]4C)O3)O2)CC[C@@]1(C)O. The van der Waals surface area contributed by atoms with E-state index >= 15 is 0 Å². The molecule has 62 heavy (non-hydrogen) atoms. The summed E-state index contributed by atoms with van der Waals surface area (Å²) < 4.78 is 39.2. The first-order valence-corrected chi connectivity index (χ1v) is 24.2. The van der Waals surface area contributed by atoms with Crippen molar-refractivity contribution < 1.29 is 69.0 Å². The Morgan fingerprint density at radius 1 is 0.742 bits per heavy atom. The van der Waals surface area contributed by atoms with Crippen molar-refractivity contribution in [1.82, 2.24) is 0 Å². The lowest BCUT2D eigenvalue weighted by Crippen LogP contribution is -2.63. The zero-order chi connectivity index (χ0) is 46.1. The maximum atomic E-state index is 12.4. The van der Waals surface area contributed by atoms with Crippen molar-refractivity contribution in [2.75, 3.05) is 0 Å². The Morgan fingerprint density at radius 2 is 1.40 bits per heavy atom. The maximum absolute atomic E-state index is 12.4. The van der Waals surface area contributed by atoms with Crippen molar-refractivity contribution in [3.63, 3.8) is 0 Å². The molecule has 0 aliphatic carbocycles. The van der Waals surface area contributed by atoms with Gasteiger partial charge in [-0.2, -0.15) is 0 Å². The number of hydrogen-bond donors (Lipinski definition) is 7. The summed E-state index contributed by atoms with van der Waals surface area (Å²) in [4.78, 5) is 11.8. The molecule has 360 valence electrons. The number of carboxylic acids is 1. The van der Waals surface area contributed by atoms with Gasteiger partial charge in [0.05, 0.1) is 66.0 Å². The molecule has 0 saturated carbocycles. The molecule has 6 aliphatic rings. The van der Waals surface area contributed by atoms with E-state index in [-0.39, 0.29) is 60.2 Å². The third-order valence-corrected chi connectivity index (χ3v) is 17.3. The van der Waals surface area contributed by atoms with Crippen LogP contribution in [0.2, 0.25) is 0 Å². The average molecular weight is 885 g/mol. The molecule has 0 aromatic carbocycles. The Morgan fingerprint density at radius 3 is 2.05 bits per heavy atom. The number of hydrogen-bond acceptors (Lipinski definition) is 13. The predicted octanol–water partition coefficient (Wildman–Crippen LogP) is 5.68. The number of aliphatic carboxylic acids is 1. The van der Waals surface area contributed by atoms with Crippen LogP contribution in [0.4, 0.5) is 0 Å². The van der Waals surface area contributed by atoms with Gasteiger partial charge in [-0.05, 0) is 110 Å². The summed E-state index contributed by atoms with van der Waals surface area (Å²) in [5.41, 5.74) is -3.01. The molecular formula is C48H84O14. The number of ether oxygens (including phenoxy) is 6. The van der Waals surface area contributed by atoms with E-state index in [1.807, 2.05) is 55.4 Å². The van der Waals surface area contributed by atoms with Crippen LogP contribution in [0.15, 0.2) is 0 Å². The van der Waals surface area contributed by atoms with Gasteiger partial charge in [0.2, 0.25) is 0 Å².